The molecule has 0 radical (unpaired) electrons. The Morgan fingerprint density at radius 3 is 2.29 bits per heavy atom. The van der Waals surface area contributed by atoms with E-state index in [4.69, 9.17) is 0 Å². The molecular weight excluding hydrogens is 174 g/mol. The van der Waals surface area contributed by atoms with Crippen LogP contribution in [0, 0.1) is 5.41 Å². The number of nitrogens with one attached hydrogen (secondary N) is 1. The summed E-state index contributed by atoms with van der Waals surface area (Å²) in [5.41, 5.74) is 0.230. The van der Waals surface area contributed by atoms with E-state index in [1.54, 1.807) is 0 Å². The number of aliphatic hydroxyl groups excluding tert-OH is 1. The van der Waals surface area contributed by atoms with Gasteiger partial charge in [0.15, 0.2) is 0 Å². The monoisotopic (exact) mass is 197 g/mol. The fourth-order valence-corrected chi connectivity index (χ4v) is 2.67. The molecule has 2 saturated carbocycles. The van der Waals surface area contributed by atoms with Crippen LogP contribution in [0.5, 0.6) is 0 Å². The molecule has 0 bridgehead atoms. The first-order valence-corrected chi connectivity index (χ1v) is 6.19. The summed E-state index contributed by atoms with van der Waals surface area (Å²) >= 11 is 0. The molecule has 0 saturated heterocycles. The highest BCUT2D eigenvalue weighted by Crippen LogP contribution is 2.35. The molecule has 0 unspecified atom stereocenters. The van der Waals surface area contributed by atoms with E-state index in [0.29, 0.717) is 6.61 Å². The molecule has 2 rings (SSSR count). The number of rotatable bonds is 4. The summed E-state index contributed by atoms with van der Waals surface area (Å²) in [6, 6.07) is 0.764. The first-order chi connectivity index (χ1) is 6.85. The summed E-state index contributed by atoms with van der Waals surface area (Å²) < 4.78 is 0. The summed E-state index contributed by atoms with van der Waals surface area (Å²) in [6.07, 6.45) is 10.5. The number of aliphatic hydroxyl groups is 1. The van der Waals surface area contributed by atoms with Crippen LogP contribution >= 0.6 is 0 Å². The maximum Gasteiger partial charge on any atom is 0.0499 e. The molecule has 0 amide bonds. The van der Waals surface area contributed by atoms with E-state index in [1.807, 2.05) is 0 Å². The van der Waals surface area contributed by atoms with Crippen molar-refractivity contribution in [2.24, 2.45) is 5.41 Å². The Morgan fingerprint density at radius 2 is 1.79 bits per heavy atom. The van der Waals surface area contributed by atoms with Gasteiger partial charge < -0.3 is 10.4 Å². The zero-order valence-electron chi connectivity index (χ0n) is 9.10. The van der Waals surface area contributed by atoms with Crippen LogP contribution < -0.4 is 5.32 Å². The van der Waals surface area contributed by atoms with Gasteiger partial charge in [-0.1, -0.05) is 25.7 Å². The van der Waals surface area contributed by atoms with Crippen LogP contribution in [0.1, 0.15) is 51.4 Å². The van der Waals surface area contributed by atoms with E-state index < -0.39 is 0 Å². The second-order valence-corrected chi connectivity index (χ2v) is 5.23. The third-order valence-electron chi connectivity index (χ3n) is 4.12. The largest absolute Gasteiger partial charge is 0.396 e. The zero-order chi connectivity index (χ0) is 9.86. The highest BCUT2D eigenvalue weighted by atomic mass is 16.3. The van der Waals surface area contributed by atoms with E-state index in [9.17, 15) is 5.11 Å². The summed E-state index contributed by atoms with van der Waals surface area (Å²) in [7, 11) is 0. The van der Waals surface area contributed by atoms with E-state index in [2.05, 4.69) is 5.32 Å². The Hall–Kier alpha value is -0.0800. The van der Waals surface area contributed by atoms with E-state index >= 15 is 0 Å². The van der Waals surface area contributed by atoms with Gasteiger partial charge in [-0.25, -0.2) is 0 Å². The smallest absolute Gasteiger partial charge is 0.0499 e. The lowest BCUT2D eigenvalue weighted by molar-refractivity contribution is 0.0746. The van der Waals surface area contributed by atoms with Gasteiger partial charge in [-0.15, -0.1) is 0 Å². The normalized spacial score (nSPS) is 27.2. The quantitative estimate of drug-likeness (QED) is 0.723. The first kappa shape index (κ1) is 10.4. The lowest BCUT2D eigenvalue weighted by Gasteiger charge is -2.38. The highest BCUT2D eigenvalue weighted by molar-refractivity contribution is 4.87. The third-order valence-corrected chi connectivity index (χ3v) is 4.12. The molecule has 2 N–H and O–H groups in total. The van der Waals surface area contributed by atoms with Crippen LogP contribution in [0.4, 0.5) is 0 Å². The SMILES string of the molecule is OCC1(CNC2CCC2)CCCCC1. The lowest BCUT2D eigenvalue weighted by Crippen LogP contribution is -2.45. The summed E-state index contributed by atoms with van der Waals surface area (Å²) in [5, 5.41) is 13.1. The number of hydrogen-bond donors (Lipinski definition) is 2. The minimum absolute atomic E-state index is 0.230. The second-order valence-electron chi connectivity index (χ2n) is 5.23. The van der Waals surface area contributed by atoms with Crippen molar-refractivity contribution in [3.8, 4) is 0 Å². The van der Waals surface area contributed by atoms with Crippen molar-refractivity contribution < 1.29 is 5.11 Å². The van der Waals surface area contributed by atoms with Gasteiger partial charge in [0, 0.05) is 24.6 Å². The van der Waals surface area contributed by atoms with Crippen LogP contribution in [0.25, 0.3) is 0 Å². The topological polar surface area (TPSA) is 32.3 Å². The van der Waals surface area contributed by atoms with Crippen LogP contribution in [-0.2, 0) is 0 Å². The second kappa shape index (κ2) is 4.63. The van der Waals surface area contributed by atoms with Crippen molar-refractivity contribution in [3.05, 3.63) is 0 Å². The van der Waals surface area contributed by atoms with Crippen molar-refractivity contribution in [1.82, 2.24) is 5.32 Å². The fraction of sp³-hybridized carbons (Fsp3) is 1.00. The van der Waals surface area contributed by atoms with Crippen LogP contribution in [0.15, 0.2) is 0 Å². The molecule has 2 aliphatic rings. The Morgan fingerprint density at radius 1 is 1.07 bits per heavy atom. The van der Waals surface area contributed by atoms with Crippen molar-refractivity contribution >= 4 is 0 Å². The standard InChI is InChI=1S/C12H23NO/c14-10-12(7-2-1-3-8-12)9-13-11-5-4-6-11/h11,13-14H,1-10H2. The summed E-state index contributed by atoms with van der Waals surface area (Å²) in [5.74, 6) is 0. The van der Waals surface area contributed by atoms with Crippen molar-refractivity contribution in [2.75, 3.05) is 13.2 Å². The third kappa shape index (κ3) is 2.29. The van der Waals surface area contributed by atoms with Crippen LogP contribution in [0.2, 0.25) is 0 Å². The van der Waals surface area contributed by atoms with Gasteiger partial charge in [0.25, 0.3) is 0 Å². The average molecular weight is 197 g/mol. The Bertz CT molecular complexity index is 171. The van der Waals surface area contributed by atoms with Gasteiger partial charge in [-0.3, -0.25) is 0 Å². The molecule has 0 aromatic heterocycles. The molecule has 2 aliphatic carbocycles. The molecule has 0 atom stereocenters. The molecule has 0 heterocycles. The van der Waals surface area contributed by atoms with E-state index in [-0.39, 0.29) is 5.41 Å². The van der Waals surface area contributed by atoms with Gasteiger partial charge in [0.1, 0.15) is 0 Å². The number of hydrogen-bond acceptors (Lipinski definition) is 2. The average Bonchev–Trinajstić information content (AvgIpc) is 2.17. The fourth-order valence-electron chi connectivity index (χ4n) is 2.67. The van der Waals surface area contributed by atoms with Gasteiger partial charge in [0.2, 0.25) is 0 Å². The van der Waals surface area contributed by atoms with Crippen LogP contribution in [0.3, 0.4) is 0 Å². The molecule has 2 heteroatoms. The molecule has 0 spiro atoms. The van der Waals surface area contributed by atoms with E-state index in [0.717, 1.165) is 12.6 Å². The van der Waals surface area contributed by atoms with Gasteiger partial charge in [0.05, 0.1) is 0 Å². The predicted molar refractivity (Wildman–Crippen MR) is 58.2 cm³/mol. The Kier molecular flexibility index (Phi) is 3.45. The van der Waals surface area contributed by atoms with Crippen molar-refractivity contribution in [3.63, 3.8) is 0 Å². The van der Waals surface area contributed by atoms with Gasteiger partial charge >= 0.3 is 0 Å². The molecule has 14 heavy (non-hydrogen) atoms. The van der Waals surface area contributed by atoms with Gasteiger partial charge in [-0.05, 0) is 25.7 Å². The lowest BCUT2D eigenvalue weighted by atomic mass is 9.74. The molecule has 0 aromatic rings. The van der Waals surface area contributed by atoms with Crippen molar-refractivity contribution in [1.29, 1.82) is 0 Å². The molecule has 0 aromatic carbocycles. The maximum absolute atomic E-state index is 9.51. The Balaban J connectivity index is 1.77. The van der Waals surface area contributed by atoms with Gasteiger partial charge in [-0.2, -0.15) is 0 Å². The van der Waals surface area contributed by atoms with Crippen molar-refractivity contribution in [2.45, 2.75) is 57.4 Å². The van der Waals surface area contributed by atoms with Crippen LogP contribution in [-0.4, -0.2) is 24.3 Å². The summed E-state index contributed by atoms with van der Waals surface area (Å²) in [6.45, 7) is 1.43. The molecule has 82 valence electrons. The molecule has 2 nitrogen and oxygen atoms in total. The maximum atomic E-state index is 9.51. The molecule has 0 aliphatic heterocycles. The Labute approximate surface area is 87.1 Å². The zero-order valence-corrected chi connectivity index (χ0v) is 9.10. The summed E-state index contributed by atoms with van der Waals surface area (Å²) in [4.78, 5) is 0. The molecular formula is C12H23NO. The molecule has 2 fully saturated rings. The highest BCUT2D eigenvalue weighted by Gasteiger charge is 2.32. The van der Waals surface area contributed by atoms with E-state index in [1.165, 1.54) is 51.4 Å². The predicted octanol–water partition coefficient (Wildman–Crippen LogP) is 2.07. The minimum atomic E-state index is 0.230. The minimum Gasteiger partial charge on any atom is -0.396 e. The first-order valence-electron chi connectivity index (χ1n) is 6.19.